The average molecular weight is 501 g/mol. The summed E-state index contributed by atoms with van der Waals surface area (Å²) in [4.78, 5) is 27.2. The van der Waals surface area contributed by atoms with Crippen molar-refractivity contribution in [2.45, 2.75) is 35.9 Å². The Bertz CT molecular complexity index is 1250. The van der Waals surface area contributed by atoms with Crippen LogP contribution in [0.15, 0.2) is 49.7 Å². The fourth-order valence-electron chi connectivity index (χ4n) is 4.05. The maximum atomic E-state index is 11.0. The number of anilines is 1. The molecule has 160 valence electrons. The van der Waals surface area contributed by atoms with Crippen LogP contribution in [-0.2, 0) is 11.3 Å². The summed E-state index contributed by atoms with van der Waals surface area (Å²) in [5, 5.41) is 1.86. The van der Waals surface area contributed by atoms with E-state index in [-0.39, 0.29) is 0 Å². The molecule has 5 rings (SSSR count). The van der Waals surface area contributed by atoms with Gasteiger partial charge in [0.1, 0.15) is 11.9 Å². The van der Waals surface area contributed by atoms with E-state index in [0.29, 0.717) is 17.3 Å². The van der Waals surface area contributed by atoms with Gasteiger partial charge in [-0.05, 0) is 59.3 Å². The van der Waals surface area contributed by atoms with Crippen LogP contribution in [0.1, 0.15) is 19.3 Å². The van der Waals surface area contributed by atoms with Gasteiger partial charge in [0.05, 0.1) is 10.7 Å². The molecule has 0 spiro atoms. The third-order valence-corrected chi connectivity index (χ3v) is 7.33. The predicted octanol–water partition coefficient (Wildman–Crippen LogP) is 4.33. The number of aryl methyl sites for hydroxylation is 1. The van der Waals surface area contributed by atoms with E-state index in [0.717, 1.165) is 76.4 Å². The Morgan fingerprint density at radius 1 is 1.29 bits per heavy atom. The molecule has 0 bridgehead atoms. The van der Waals surface area contributed by atoms with Crippen LogP contribution in [0.4, 0.5) is 5.82 Å². The highest BCUT2D eigenvalue weighted by Gasteiger charge is 2.21. The van der Waals surface area contributed by atoms with Crippen molar-refractivity contribution in [1.82, 2.24) is 24.4 Å². The second kappa shape index (κ2) is 8.51. The van der Waals surface area contributed by atoms with Crippen molar-refractivity contribution in [3.05, 3.63) is 35.3 Å². The van der Waals surface area contributed by atoms with Crippen molar-refractivity contribution < 1.29 is 9.21 Å². The normalized spacial score (nSPS) is 15.2. The van der Waals surface area contributed by atoms with Crippen LogP contribution in [0.3, 0.4) is 0 Å². The Morgan fingerprint density at radius 3 is 2.94 bits per heavy atom. The van der Waals surface area contributed by atoms with Crippen LogP contribution in [0.25, 0.3) is 22.1 Å². The standard InChI is InChI=1S/C21H21BrN6O2S/c22-16-10-15(9-14-4-8-30-18(14)16)31-21-26-17-19(23)24-11-25-20(17)28(21)7-3-13-1-5-27(12-29)6-2-13/h4,8-13H,1-3,5-7H2,(H2,23,24,25). The predicted molar refractivity (Wildman–Crippen MR) is 123 cm³/mol. The molecular formula is C21H21BrN6O2S. The number of hydrogen-bond acceptors (Lipinski definition) is 7. The van der Waals surface area contributed by atoms with E-state index in [1.807, 2.05) is 17.0 Å². The van der Waals surface area contributed by atoms with Crippen LogP contribution < -0.4 is 5.73 Å². The van der Waals surface area contributed by atoms with Gasteiger partial charge in [0.25, 0.3) is 0 Å². The van der Waals surface area contributed by atoms with E-state index in [2.05, 4.69) is 36.5 Å². The van der Waals surface area contributed by atoms with Gasteiger partial charge in [0.2, 0.25) is 6.41 Å². The largest absolute Gasteiger partial charge is 0.463 e. The van der Waals surface area contributed by atoms with Crippen LogP contribution >= 0.6 is 27.7 Å². The third-order valence-electron chi connectivity index (χ3n) is 5.77. The van der Waals surface area contributed by atoms with Gasteiger partial charge < -0.3 is 19.6 Å². The van der Waals surface area contributed by atoms with Gasteiger partial charge in [-0.25, -0.2) is 15.0 Å². The zero-order chi connectivity index (χ0) is 21.4. The summed E-state index contributed by atoms with van der Waals surface area (Å²) in [5.74, 6) is 0.957. The van der Waals surface area contributed by atoms with Gasteiger partial charge >= 0.3 is 0 Å². The molecule has 1 amide bonds. The number of rotatable bonds is 6. The van der Waals surface area contributed by atoms with E-state index < -0.39 is 0 Å². The number of aromatic nitrogens is 4. The molecule has 3 aromatic heterocycles. The van der Waals surface area contributed by atoms with Crippen molar-refractivity contribution in [2.75, 3.05) is 18.8 Å². The van der Waals surface area contributed by atoms with Gasteiger partial charge in [-0.1, -0.05) is 11.8 Å². The molecule has 1 aliphatic rings. The van der Waals surface area contributed by atoms with Crippen molar-refractivity contribution in [1.29, 1.82) is 0 Å². The molecule has 1 saturated heterocycles. The zero-order valence-corrected chi connectivity index (χ0v) is 19.1. The molecule has 2 N–H and O–H groups in total. The van der Waals surface area contributed by atoms with Gasteiger partial charge in [0.15, 0.2) is 22.1 Å². The van der Waals surface area contributed by atoms with Crippen molar-refractivity contribution in [3.8, 4) is 0 Å². The van der Waals surface area contributed by atoms with Crippen LogP contribution in [0.5, 0.6) is 0 Å². The molecule has 0 unspecified atom stereocenters. The van der Waals surface area contributed by atoms with E-state index in [1.165, 1.54) is 6.33 Å². The highest BCUT2D eigenvalue weighted by Crippen LogP contribution is 2.36. The van der Waals surface area contributed by atoms with E-state index >= 15 is 0 Å². The minimum absolute atomic E-state index is 0.386. The minimum Gasteiger partial charge on any atom is -0.463 e. The highest BCUT2D eigenvalue weighted by atomic mass is 79.9. The van der Waals surface area contributed by atoms with E-state index in [9.17, 15) is 4.79 Å². The fourth-order valence-corrected chi connectivity index (χ4v) is 5.77. The first-order valence-electron chi connectivity index (χ1n) is 10.1. The lowest BCUT2D eigenvalue weighted by atomic mass is 9.94. The minimum atomic E-state index is 0.386. The molecule has 31 heavy (non-hydrogen) atoms. The number of imidazole rings is 1. The number of benzene rings is 1. The van der Waals surface area contributed by atoms with Gasteiger partial charge in [0, 0.05) is 29.9 Å². The molecule has 1 fully saturated rings. The number of carbonyl (C=O) groups is 1. The number of furan rings is 1. The Morgan fingerprint density at radius 2 is 2.13 bits per heavy atom. The third kappa shape index (κ3) is 4.01. The Kier molecular flexibility index (Phi) is 5.58. The molecule has 0 aliphatic carbocycles. The summed E-state index contributed by atoms with van der Waals surface area (Å²) in [5.41, 5.74) is 8.30. The lowest BCUT2D eigenvalue weighted by Crippen LogP contribution is -2.32. The van der Waals surface area contributed by atoms with Crippen molar-refractivity contribution >= 4 is 62.1 Å². The summed E-state index contributed by atoms with van der Waals surface area (Å²) in [7, 11) is 0. The van der Waals surface area contributed by atoms with Gasteiger partial charge in [-0.15, -0.1) is 0 Å². The summed E-state index contributed by atoms with van der Waals surface area (Å²) in [6.07, 6.45) is 7.17. The lowest BCUT2D eigenvalue weighted by Gasteiger charge is -2.29. The number of carbonyl (C=O) groups excluding carboxylic acids is 1. The van der Waals surface area contributed by atoms with Gasteiger partial charge in [-0.3, -0.25) is 4.79 Å². The molecule has 4 aromatic rings. The quantitative estimate of drug-likeness (QED) is 0.393. The zero-order valence-electron chi connectivity index (χ0n) is 16.7. The number of hydrogen-bond donors (Lipinski definition) is 1. The Labute approximate surface area is 191 Å². The number of nitrogens with two attached hydrogens (primary N) is 1. The summed E-state index contributed by atoms with van der Waals surface area (Å²) in [6, 6.07) is 6.06. The molecule has 0 atom stereocenters. The molecule has 1 aromatic carbocycles. The number of halogens is 1. The highest BCUT2D eigenvalue weighted by molar-refractivity contribution is 9.10. The maximum absolute atomic E-state index is 11.0. The first kappa shape index (κ1) is 20.3. The van der Waals surface area contributed by atoms with Crippen molar-refractivity contribution in [3.63, 3.8) is 0 Å². The van der Waals surface area contributed by atoms with Crippen LogP contribution in [0.2, 0.25) is 0 Å². The topological polar surface area (TPSA) is 103 Å². The molecule has 0 saturated carbocycles. The molecule has 10 heteroatoms. The maximum Gasteiger partial charge on any atom is 0.209 e. The summed E-state index contributed by atoms with van der Waals surface area (Å²) >= 11 is 5.17. The number of fused-ring (bicyclic) bond motifs is 2. The molecular weight excluding hydrogens is 480 g/mol. The summed E-state index contributed by atoms with van der Waals surface area (Å²) < 4.78 is 8.57. The molecule has 4 heterocycles. The van der Waals surface area contributed by atoms with Crippen LogP contribution in [-0.4, -0.2) is 43.9 Å². The number of nitrogens with zero attached hydrogens (tertiary/aromatic N) is 5. The smallest absolute Gasteiger partial charge is 0.209 e. The lowest BCUT2D eigenvalue weighted by molar-refractivity contribution is -0.119. The average Bonchev–Trinajstić information content (AvgIpc) is 3.38. The Hall–Kier alpha value is -2.59. The second-order valence-electron chi connectivity index (χ2n) is 7.70. The number of likely N-dealkylation sites (tertiary alicyclic amines) is 1. The SMILES string of the molecule is Nc1ncnc2c1nc(Sc1cc(Br)c3occc3c1)n2CCC1CCN(C=O)CC1. The van der Waals surface area contributed by atoms with Crippen molar-refractivity contribution in [2.24, 2.45) is 5.92 Å². The Balaban J connectivity index is 1.44. The van der Waals surface area contributed by atoms with E-state index in [1.54, 1.807) is 18.0 Å². The van der Waals surface area contributed by atoms with E-state index in [4.69, 9.17) is 15.1 Å². The molecule has 0 radical (unpaired) electrons. The number of nitrogen functional groups attached to an aromatic ring is 1. The monoisotopic (exact) mass is 500 g/mol. The number of piperidine rings is 1. The van der Waals surface area contributed by atoms with Gasteiger partial charge in [-0.2, -0.15) is 0 Å². The molecule has 8 nitrogen and oxygen atoms in total. The first-order valence-corrected chi connectivity index (χ1v) is 11.7. The molecule has 1 aliphatic heterocycles. The summed E-state index contributed by atoms with van der Waals surface area (Å²) in [6.45, 7) is 2.44. The number of amides is 1. The fraction of sp³-hybridized carbons (Fsp3) is 0.333. The van der Waals surface area contributed by atoms with Crippen LogP contribution in [0, 0.1) is 5.92 Å². The second-order valence-corrected chi connectivity index (χ2v) is 9.59. The first-order chi connectivity index (χ1) is 15.1.